The summed E-state index contributed by atoms with van der Waals surface area (Å²) in [5.41, 5.74) is 5.65. The molecule has 0 radical (unpaired) electrons. The molecular weight excluding hydrogens is 330 g/mol. The molecule has 0 bridgehead atoms. The van der Waals surface area contributed by atoms with Crippen LogP contribution in [0.15, 0.2) is 18.2 Å². The van der Waals surface area contributed by atoms with E-state index in [-0.39, 0.29) is 9.87 Å². The van der Waals surface area contributed by atoms with E-state index in [2.05, 4.69) is 33.0 Å². The van der Waals surface area contributed by atoms with Gasteiger partial charge in [-0.25, -0.2) is 9.82 Å². The highest BCUT2D eigenvalue weighted by Gasteiger charge is 2.29. The molecule has 0 saturated heterocycles. The molecule has 0 aromatic heterocycles. The summed E-state index contributed by atoms with van der Waals surface area (Å²) in [7, 11) is 0. The van der Waals surface area contributed by atoms with E-state index in [1.54, 1.807) is 12.1 Å². The molecule has 92 valence electrons. The first kappa shape index (κ1) is 11.7. The Balaban J connectivity index is 1.80. The standard InChI is InChI=1S/C13H16FIN2/c14-10-5-6-12-11(7-10)13(15)16-17(12)8-9-3-1-2-4-9/h5-7,9,13,16H,1-4,8H2. The maximum atomic E-state index is 13.2. The van der Waals surface area contributed by atoms with Crippen LogP contribution in [0.3, 0.4) is 0 Å². The third-order valence-corrected chi connectivity index (χ3v) is 4.69. The number of fused-ring (bicyclic) bond motifs is 1. The SMILES string of the molecule is Fc1ccc2c(c1)C(I)NN2CC1CCCC1. The van der Waals surface area contributed by atoms with E-state index in [1.165, 1.54) is 25.7 Å². The zero-order valence-corrected chi connectivity index (χ0v) is 11.8. The minimum atomic E-state index is -0.144. The Hall–Kier alpha value is -0.360. The molecule has 2 aliphatic rings. The van der Waals surface area contributed by atoms with Crippen molar-refractivity contribution in [3.63, 3.8) is 0 Å². The van der Waals surface area contributed by atoms with Gasteiger partial charge in [0.25, 0.3) is 0 Å². The van der Waals surface area contributed by atoms with Crippen LogP contribution in [0, 0.1) is 11.7 Å². The Morgan fingerprint density at radius 1 is 1.35 bits per heavy atom. The van der Waals surface area contributed by atoms with Gasteiger partial charge in [0.1, 0.15) is 9.87 Å². The molecule has 1 unspecified atom stereocenters. The summed E-state index contributed by atoms with van der Waals surface area (Å²) < 4.78 is 13.4. The number of nitrogens with zero attached hydrogens (tertiary/aromatic N) is 1. The number of anilines is 1. The van der Waals surface area contributed by atoms with Crippen LogP contribution in [-0.2, 0) is 0 Å². The Morgan fingerprint density at radius 2 is 2.12 bits per heavy atom. The molecule has 0 spiro atoms. The molecule has 2 nitrogen and oxygen atoms in total. The van der Waals surface area contributed by atoms with Crippen molar-refractivity contribution in [2.75, 3.05) is 11.6 Å². The summed E-state index contributed by atoms with van der Waals surface area (Å²) in [6.07, 6.45) is 5.39. The zero-order chi connectivity index (χ0) is 11.8. The predicted molar refractivity (Wildman–Crippen MR) is 75.6 cm³/mol. The molecule has 17 heavy (non-hydrogen) atoms. The second kappa shape index (κ2) is 4.72. The average Bonchev–Trinajstić information content (AvgIpc) is 2.89. The molecule has 1 aromatic rings. The van der Waals surface area contributed by atoms with Crippen molar-refractivity contribution < 1.29 is 4.39 Å². The summed E-state index contributed by atoms with van der Waals surface area (Å²) in [5.74, 6) is 0.650. The van der Waals surface area contributed by atoms with Gasteiger partial charge in [0, 0.05) is 12.1 Å². The van der Waals surface area contributed by atoms with Crippen molar-refractivity contribution in [3.05, 3.63) is 29.6 Å². The Labute approximate surface area is 115 Å². The minimum absolute atomic E-state index is 0.144. The number of rotatable bonds is 2. The monoisotopic (exact) mass is 346 g/mol. The smallest absolute Gasteiger partial charge is 0.123 e. The predicted octanol–water partition coefficient (Wildman–Crippen LogP) is 3.77. The second-order valence-corrected chi connectivity index (χ2v) is 6.20. The van der Waals surface area contributed by atoms with Crippen LogP contribution in [0.25, 0.3) is 0 Å². The molecule has 1 aliphatic heterocycles. The maximum Gasteiger partial charge on any atom is 0.123 e. The molecule has 1 saturated carbocycles. The van der Waals surface area contributed by atoms with Crippen molar-refractivity contribution in [2.24, 2.45) is 5.92 Å². The van der Waals surface area contributed by atoms with Crippen molar-refractivity contribution in [3.8, 4) is 0 Å². The van der Waals surface area contributed by atoms with E-state index in [0.29, 0.717) is 0 Å². The van der Waals surface area contributed by atoms with Crippen LogP contribution in [0.1, 0.15) is 35.3 Å². The van der Waals surface area contributed by atoms with E-state index in [4.69, 9.17) is 0 Å². The van der Waals surface area contributed by atoms with Crippen LogP contribution in [0.5, 0.6) is 0 Å². The van der Waals surface area contributed by atoms with Crippen LogP contribution in [0.2, 0.25) is 0 Å². The number of hydrazine groups is 1. The fourth-order valence-electron chi connectivity index (χ4n) is 2.85. The maximum absolute atomic E-state index is 13.2. The van der Waals surface area contributed by atoms with E-state index < -0.39 is 0 Å². The fraction of sp³-hybridized carbons (Fsp3) is 0.538. The Bertz CT molecular complexity index is 418. The molecule has 1 atom stereocenters. The van der Waals surface area contributed by atoms with E-state index >= 15 is 0 Å². The summed E-state index contributed by atoms with van der Waals surface area (Å²) in [6, 6.07) is 5.09. The van der Waals surface area contributed by atoms with Crippen molar-refractivity contribution in [1.82, 2.24) is 5.43 Å². The van der Waals surface area contributed by atoms with E-state index in [1.807, 2.05) is 6.07 Å². The normalized spacial score (nSPS) is 24.4. The van der Waals surface area contributed by atoms with Gasteiger partial charge in [-0.2, -0.15) is 0 Å². The van der Waals surface area contributed by atoms with Gasteiger partial charge in [-0.05, 0) is 37.0 Å². The van der Waals surface area contributed by atoms with Gasteiger partial charge in [0.2, 0.25) is 0 Å². The molecule has 1 fully saturated rings. The van der Waals surface area contributed by atoms with Crippen LogP contribution in [-0.4, -0.2) is 6.54 Å². The lowest BCUT2D eigenvalue weighted by Crippen LogP contribution is -2.36. The van der Waals surface area contributed by atoms with Gasteiger partial charge in [-0.15, -0.1) is 0 Å². The highest BCUT2D eigenvalue weighted by Crippen LogP contribution is 2.38. The lowest BCUT2D eigenvalue weighted by atomic mass is 10.1. The largest absolute Gasteiger partial charge is 0.306 e. The van der Waals surface area contributed by atoms with Gasteiger partial charge in [-0.3, -0.25) is 0 Å². The number of nitrogens with one attached hydrogen (secondary N) is 1. The summed E-state index contributed by atoms with van der Waals surface area (Å²) in [6.45, 7) is 1.05. The quantitative estimate of drug-likeness (QED) is 0.498. The highest BCUT2D eigenvalue weighted by molar-refractivity contribution is 14.1. The zero-order valence-electron chi connectivity index (χ0n) is 9.63. The number of hydrogen-bond acceptors (Lipinski definition) is 2. The first-order valence-corrected chi connectivity index (χ1v) is 7.46. The van der Waals surface area contributed by atoms with E-state index in [0.717, 1.165) is 23.7 Å². The van der Waals surface area contributed by atoms with Crippen molar-refractivity contribution >= 4 is 28.3 Å². The molecule has 1 N–H and O–H groups in total. The van der Waals surface area contributed by atoms with Gasteiger partial charge < -0.3 is 5.01 Å². The Kier molecular flexibility index (Phi) is 3.25. The van der Waals surface area contributed by atoms with Gasteiger partial charge in [-0.1, -0.05) is 35.4 Å². The second-order valence-electron chi connectivity index (χ2n) is 4.96. The number of hydrogen-bond donors (Lipinski definition) is 1. The molecule has 1 aromatic carbocycles. The lowest BCUT2D eigenvalue weighted by Gasteiger charge is -2.23. The van der Waals surface area contributed by atoms with Crippen molar-refractivity contribution in [2.45, 2.75) is 29.7 Å². The van der Waals surface area contributed by atoms with Crippen LogP contribution < -0.4 is 10.4 Å². The lowest BCUT2D eigenvalue weighted by molar-refractivity contribution is 0.505. The first-order valence-electron chi connectivity index (χ1n) is 6.21. The van der Waals surface area contributed by atoms with Gasteiger partial charge in [0.15, 0.2) is 0 Å². The van der Waals surface area contributed by atoms with Crippen molar-refractivity contribution in [1.29, 1.82) is 0 Å². The van der Waals surface area contributed by atoms with Crippen LogP contribution >= 0.6 is 22.6 Å². The molecule has 4 heteroatoms. The molecular formula is C13H16FIN2. The third kappa shape index (κ3) is 2.29. The summed E-state index contributed by atoms with van der Waals surface area (Å²) >= 11 is 2.32. The fourth-order valence-corrected chi connectivity index (χ4v) is 3.69. The first-order chi connectivity index (χ1) is 8.24. The Morgan fingerprint density at radius 3 is 2.88 bits per heavy atom. The van der Waals surface area contributed by atoms with Gasteiger partial charge in [0.05, 0.1) is 5.69 Å². The number of halogens is 2. The number of alkyl halides is 1. The molecule has 0 amide bonds. The summed E-state index contributed by atoms with van der Waals surface area (Å²) in [5, 5.41) is 2.21. The molecule has 1 aliphatic carbocycles. The number of benzene rings is 1. The minimum Gasteiger partial charge on any atom is -0.306 e. The van der Waals surface area contributed by atoms with Crippen LogP contribution in [0.4, 0.5) is 10.1 Å². The molecule has 3 rings (SSSR count). The average molecular weight is 346 g/mol. The topological polar surface area (TPSA) is 15.3 Å². The third-order valence-electron chi connectivity index (χ3n) is 3.74. The summed E-state index contributed by atoms with van der Waals surface area (Å²) in [4.78, 5) is 0. The van der Waals surface area contributed by atoms with E-state index in [9.17, 15) is 4.39 Å². The molecule has 1 heterocycles. The van der Waals surface area contributed by atoms with Gasteiger partial charge >= 0.3 is 0 Å². The highest BCUT2D eigenvalue weighted by atomic mass is 127.